The van der Waals surface area contributed by atoms with Crippen LogP contribution in [-0.2, 0) is 0 Å². The second kappa shape index (κ2) is 5.03. The molecule has 16 heavy (non-hydrogen) atoms. The number of benzene rings is 1. The van der Waals surface area contributed by atoms with Crippen molar-refractivity contribution in [3.8, 4) is 10.6 Å². The number of hydrogen-bond acceptors (Lipinski definition) is 4. The molecular formula is C11H12BrN3S. The predicted molar refractivity (Wildman–Crippen MR) is 70.3 cm³/mol. The summed E-state index contributed by atoms with van der Waals surface area (Å²) in [6.45, 7) is 2.05. The van der Waals surface area contributed by atoms with Gasteiger partial charge in [-0.05, 0) is 18.6 Å². The van der Waals surface area contributed by atoms with Crippen LogP contribution in [0.2, 0.25) is 0 Å². The number of nitrogens with two attached hydrogens (primary N) is 1. The Morgan fingerprint density at radius 2 is 2.25 bits per heavy atom. The smallest absolute Gasteiger partial charge is 0.147 e. The highest BCUT2D eigenvalue weighted by Gasteiger charge is 2.11. The Kier molecular flexibility index (Phi) is 3.68. The lowest BCUT2D eigenvalue weighted by atomic mass is 10.2. The Balaban J connectivity index is 2.31. The van der Waals surface area contributed by atoms with E-state index >= 15 is 0 Å². The van der Waals surface area contributed by atoms with E-state index in [1.807, 2.05) is 31.2 Å². The van der Waals surface area contributed by atoms with Crippen molar-refractivity contribution in [1.82, 2.24) is 10.2 Å². The fraction of sp³-hybridized carbons (Fsp3) is 0.273. The summed E-state index contributed by atoms with van der Waals surface area (Å²) < 4.78 is 1.04. The summed E-state index contributed by atoms with van der Waals surface area (Å²) in [5.74, 6) is 0. The zero-order chi connectivity index (χ0) is 11.5. The van der Waals surface area contributed by atoms with Crippen molar-refractivity contribution >= 4 is 27.3 Å². The summed E-state index contributed by atoms with van der Waals surface area (Å²) in [7, 11) is 0. The first-order valence-electron chi connectivity index (χ1n) is 5.05. The Morgan fingerprint density at radius 1 is 1.44 bits per heavy atom. The van der Waals surface area contributed by atoms with Crippen molar-refractivity contribution in [2.24, 2.45) is 5.73 Å². The van der Waals surface area contributed by atoms with E-state index in [2.05, 4.69) is 26.1 Å². The molecule has 0 amide bonds. The molecule has 2 aromatic rings. The average molecular weight is 298 g/mol. The topological polar surface area (TPSA) is 51.8 Å². The molecule has 0 bridgehead atoms. The second-order valence-electron chi connectivity index (χ2n) is 3.47. The van der Waals surface area contributed by atoms with Gasteiger partial charge in [0.2, 0.25) is 0 Å². The maximum Gasteiger partial charge on any atom is 0.147 e. The molecule has 0 radical (unpaired) electrons. The highest BCUT2D eigenvalue weighted by atomic mass is 79.9. The molecule has 1 heterocycles. The molecule has 2 N–H and O–H groups in total. The van der Waals surface area contributed by atoms with Crippen LogP contribution in [0.5, 0.6) is 0 Å². The molecule has 0 saturated heterocycles. The lowest BCUT2D eigenvalue weighted by Gasteiger charge is -2.00. The molecule has 3 nitrogen and oxygen atoms in total. The van der Waals surface area contributed by atoms with Gasteiger partial charge in [-0.25, -0.2) is 0 Å². The first-order chi connectivity index (χ1) is 7.70. The van der Waals surface area contributed by atoms with Gasteiger partial charge >= 0.3 is 0 Å². The third-order valence-corrected chi connectivity index (χ3v) is 3.87. The van der Waals surface area contributed by atoms with Crippen molar-refractivity contribution in [3.63, 3.8) is 0 Å². The van der Waals surface area contributed by atoms with Crippen LogP contribution >= 0.6 is 27.3 Å². The lowest BCUT2D eigenvalue weighted by Crippen LogP contribution is -2.07. The number of aromatic nitrogens is 2. The molecule has 1 atom stereocenters. The zero-order valence-electron chi connectivity index (χ0n) is 8.85. The van der Waals surface area contributed by atoms with Gasteiger partial charge in [0.05, 0.1) is 6.04 Å². The SMILES string of the molecule is CCC(N)c1nnc(-c2cccc(Br)c2)s1. The van der Waals surface area contributed by atoms with Crippen LogP contribution in [-0.4, -0.2) is 10.2 Å². The van der Waals surface area contributed by atoms with Gasteiger partial charge in [-0.1, -0.05) is 46.3 Å². The minimum Gasteiger partial charge on any atom is -0.322 e. The fourth-order valence-corrected chi connectivity index (χ4v) is 2.62. The second-order valence-corrected chi connectivity index (χ2v) is 5.40. The molecule has 0 aliphatic carbocycles. The summed E-state index contributed by atoms with van der Waals surface area (Å²) in [4.78, 5) is 0. The minimum absolute atomic E-state index is 0.00148. The third kappa shape index (κ3) is 2.48. The Bertz CT molecular complexity index is 484. The maximum atomic E-state index is 5.91. The standard InChI is InChI=1S/C11H12BrN3S/c1-2-9(13)11-15-14-10(16-11)7-4-3-5-8(12)6-7/h3-6,9H,2,13H2,1H3. The van der Waals surface area contributed by atoms with E-state index in [1.165, 1.54) is 0 Å². The summed E-state index contributed by atoms with van der Waals surface area (Å²) >= 11 is 5.00. The molecule has 0 spiro atoms. The number of halogens is 1. The molecule has 0 fully saturated rings. The molecule has 1 aromatic carbocycles. The molecule has 5 heteroatoms. The zero-order valence-corrected chi connectivity index (χ0v) is 11.3. The summed E-state index contributed by atoms with van der Waals surface area (Å²) in [6.07, 6.45) is 0.882. The van der Waals surface area contributed by atoms with Crippen molar-refractivity contribution in [2.75, 3.05) is 0 Å². The summed E-state index contributed by atoms with van der Waals surface area (Å²) in [6, 6.07) is 8.02. The first kappa shape index (κ1) is 11.7. The van der Waals surface area contributed by atoms with Gasteiger partial charge in [-0.3, -0.25) is 0 Å². The van der Waals surface area contributed by atoms with Gasteiger partial charge in [0.15, 0.2) is 0 Å². The van der Waals surface area contributed by atoms with Crippen LogP contribution in [0, 0.1) is 0 Å². The van der Waals surface area contributed by atoms with E-state index in [9.17, 15) is 0 Å². The van der Waals surface area contributed by atoms with Gasteiger partial charge in [-0.15, -0.1) is 10.2 Å². The molecule has 84 valence electrons. The van der Waals surface area contributed by atoms with Gasteiger partial charge in [-0.2, -0.15) is 0 Å². The molecule has 0 aliphatic rings. The van der Waals surface area contributed by atoms with Crippen LogP contribution in [0.1, 0.15) is 24.4 Å². The van der Waals surface area contributed by atoms with Gasteiger partial charge in [0.25, 0.3) is 0 Å². The highest BCUT2D eigenvalue weighted by molar-refractivity contribution is 9.10. The number of nitrogens with zero attached hydrogens (tertiary/aromatic N) is 2. The molecule has 0 aliphatic heterocycles. The van der Waals surface area contributed by atoms with Gasteiger partial charge in [0, 0.05) is 10.0 Å². The van der Waals surface area contributed by atoms with Crippen molar-refractivity contribution in [1.29, 1.82) is 0 Å². The minimum atomic E-state index is -0.00148. The van der Waals surface area contributed by atoms with E-state index in [1.54, 1.807) is 11.3 Å². The normalized spacial score (nSPS) is 12.7. The number of hydrogen-bond donors (Lipinski definition) is 1. The predicted octanol–water partition coefficient (Wildman–Crippen LogP) is 3.38. The van der Waals surface area contributed by atoms with Crippen LogP contribution in [0.3, 0.4) is 0 Å². The molecule has 2 rings (SSSR count). The van der Waals surface area contributed by atoms with E-state index in [-0.39, 0.29) is 6.04 Å². The van der Waals surface area contributed by atoms with Crippen LogP contribution in [0.25, 0.3) is 10.6 Å². The van der Waals surface area contributed by atoms with Crippen LogP contribution in [0.15, 0.2) is 28.7 Å². The van der Waals surface area contributed by atoms with E-state index < -0.39 is 0 Å². The summed E-state index contributed by atoms with van der Waals surface area (Å²) in [5, 5.41) is 10.1. The van der Waals surface area contributed by atoms with Crippen LogP contribution in [0.4, 0.5) is 0 Å². The van der Waals surface area contributed by atoms with Crippen molar-refractivity contribution in [2.45, 2.75) is 19.4 Å². The largest absolute Gasteiger partial charge is 0.322 e. The van der Waals surface area contributed by atoms with Crippen molar-refractivity contribution < 1.29 is 0 Å². The van der Waals surface area contributed by atoms with E-state index in [0.29, 0.717) is 0 Å². The third-order valence-electron chi connectivity index (χ3n) is 2.27. The quantitative estimate of drug-likeness (QED) is 0.945. The van der Waals surface area contributed by atoms with E-state index in [4.69, 9.17) is 5.73 Å². The van der Waals surface area contributed by atoms with Gasteiger partial charge in [0.1, 0.15) is 10.0 Å². The molecule has 1 aromatic heterocycles. The maximum absolute atomic E-state index is 5.91. The highest BCUT2D eigenvalue weighted by Crippen LogP contribution is 2.28. The van der Waals surface area contributed by atoms with Gasteiger partial charge < -0.3 is 5.73 Å². The monoisotopic (exact) mass is 297 g/mol. The Hall–Kier alpha value is -0.780. The van der Waals surface area contributed by atoms with Crippen LogP contribution < -0.4 is 5.73 Å². The Morgan fingerprint density at radius 3 is 2.94 bits per heavy atom. The molecule has 0 saturated carbocycles. The fourth-order valence-electron chi connectivity index (χ4n) is 1.30. The summed E-state index contributed by atoms with van der Waals surface area (Å²) in [5.41, 5.74) is 6.98. The Labute approximate surface area is 107 Å². The lowest BCUT2D eigenvalue weighted by molar-refractivity contribution is 0.683. The van der Waals surface area contributed by atoms with Crippen molar-refractivity contribution in [3.05, 3.63) is 33.7 Å². The number of rotatable bonds is 3. The van der Waals surface area contributed by atoms with E-state index in [0.717, 1.165) is 26.5 Å². The first-order valence-corrected chi connectivity index (χ1v) is 6.66. The molecule has 1 unspecified atom stereocenters. The molecular weight excluding hydrogens is 286 g/mol. The average Bonchev–Trinajstić information content (AvgIpc) is 2.77.